The Labute approximate surface area is 127 Å². The lowest BCUT2D eigenvalue weighted by molar-refractivity contribution is -0.136. The van der Waals surface area contributed by atoms with Crippen LogP contribution in [0.1, 0.15) is 40.2 Å². The molecule has 4 nitrogen and oxygen atoms in total. The van der Waals surface area contributed by atoms with Crippen LogP contribution in [0.5, 0.6) is 0 Å². The number of carboxylic acid groups (broad SMARTS) is 1. The van der Waals surface area contributed by atoms with Crippen LogP contribution in [-0.2, 0) is 17.6 Å². The molecule has 0 amide bonds. The summed E-state index contributed by atoms with van der Waals surface area (Å²) in [5.74, 6) is -1.29. The number of carboxylic acids is 1. The molecule has 1 aromatic carbocycles. The highest BCUT2D eigenvalue weighted by atomic mass is 19.1. The van der Waals surface area contributed by atoms with E-state index in [4.69, 9.17) is 5.11 Å². The van der Waals surface area contributed by atoms with Crippen LogP contribution in [0.25, 0.3) is 5.69 Å². The molecule has 0 bridgehead atoms. The number of nitrogens with zero attached hydrogens (tertiary/aromatic N) is 1. The number of halogens is 1. The van der Waals surface area contributed by atoms with E-state index in [0.29, 0.717) is 17.5 Å². The summed E-state index contributed by atoms with van der Waals surface area (Å²) >= 11 is 0. The van der Waals surface area contributed by atoms with Crippen LogP contribution in [0.3, 0.4) is 0 Å². The summed E-state index contributed by atoms with van der Waals surface area (Å²) in [6, 6.07) is 6.02. The summed E-state index contributed by atoms with van der Waals surface area (Å²) in [5, 5.41) is 9.13. The molecule has 0 fully saturated rings. The van der Waals surface area contributed by atoms with Gasteiger partial charge in [0.05, 0.1) is 6.42 Å². The van der Waals surface area contributed by atoms with Gasteiger partial charge in [-0.15, -0.1) is 0 Å². The molecule has 0 saturated carbocycles. The monoisotopic (exact) mass is 301 g/mol. The number of carbonyl (C=O) groups is 2. The minimum absolute atomic E-state index is 0.00135. The van der Waals surface area contributed by atoms with Crippen LogP contribution in [0.2, 0.25) is 0 Å². The first-order valence-electron chi connectivity index (χ1n) is 7.23. The van der Waals surface area contributed by atoms with Gasteiger partial charge in [-0.3, -0.25) is 9.59 Å². The van der Waals surface area contributed by atoms with Crippen molar-refractivity contribution in [2.75, 3.05) is 0 Å². The van der Waals surface area contributed by atoms with Crippen molar-refractivity contribution in [3.05, 3.63) is 52.6 Å². The summed E-state index contributed by atoms with van der Waals surface area (Å²) in [6.45, 7) is 1.81. The Kier molecular flexibility index (Phi) is 3.56. The van der Waals surface area contributed by atoms with Gasteiger partial charge in [-0.05, 0) is 49.6 Å². The minimum atomic E-state index is -0.958. The van der Waals surface area contributed by atoms with Crippen LogP contribution < -0.4 is 0 Å². The fraction of sp³-hybridized carbons (Fsp3) is 0.294. The fourth-order valence-electron chi connectivity index (χ4n) is 3.22. The molecule has 22 heavy (non-hydrogen) atoms. The predicted molar refractivity (Wildman–Crippen MR) is 79.1 cm³/mol. The van der Waals surface area contributed by atoms with Crippen LogP contribution >= 0.6 is 0 Å². The molecule has 0 saturated heterocycles. The first-order chi connectivity index (χ1) is 10.5. The second kappa shape index (κ2) is 5.40. The molecule has 0 radical (unpaired) electrons. The number of Topliss-reactive ketones (excluding diaryl/α,β-unsaturated/α-hetero) is 1. The van der Waals surface area contributed by atoms with Gasteiger partial charge in [0.15, 0.2) is 5.78 Å². The number of rotatable bonds is 3. The molecule has 1 N–H and O–H groups in total. The first-order valence-corrected chi connectivity index (χ1v) is 7.23. The summed E-state index contributed by atoms with van der Waals surface area (Å²) in [6.07, 6.45) is 1.75. The molecule has 0 spiro atoms. The molecule has 1 aliphatic carbocycles. The van der Waals surface area contributed by atoms with E-state index >= 15 is 0 Å². The Morgan fingerprint density at radius 1 is 1.27 bits per heavy atom. The molecule has 3 rings (SSSR count). The van der Waals surface area contributed by atoms with Crippen LogP contribution in [-0.4, -0.2) is 21.4 Å². The molecule has 1 aromatic heterocycles. The van der Waals surface area contributed by atoms with Crippen molar-refractivity contribution < 1.29 is 19.1 Å². The van der Waals surface area contributed by atoms with Crippen molar-refractivity contribution in [1.82, 2.24) is 4.57 Å². The smallest absolute Gasteiger partial charge is 0.307 e. The predicted octanol–water partition coefficient (Wildman–Crippen LogP) is 3.07. The second-order valence-corrected chi connectivity index (χ2v) is 5.54. The maximum Gasteiger partial charge on any atom is 0.307 e. The lowest BCUT2D eigenvalue weighted by Crippen LogP contribution is -2.14. The highest BCUT2D eigenvalue weighted by Crippen LogP contribution is 2.32. The summed E-state index contributed by atoms with van der Waals surface area (Å²) in [4.78, 5) is 23.4. The Morgan fingerprint density at radius 3 is 2.59 bits per heavy atom. The number of aromatic nitrogens is 1. The fourth-order valence-corrected chi connectivity index (χ4v) is 3.22. The van der Waals surface area contributed by atoms with E-state index in [1.165, 1.54) is 12.1 Å². The second-order valence-electron chi connectivity index (χ2n) is 5.54. The summed E-state index contributed by atoms with van der Waals surface area (Å²) < 4.78 is 15.0. The van der Waals surface area contributed by atoms with E-state index in [2.05, 4.69) is 0 Å². The Bertz CT molecular complexity index is 759. The maximum absolute atomic E-state index is 13.1. The molecule has 0 atom stereocenters. The summed E-state index contributed by atoms with van der Waals surface area (Å²) in [7, 11) is 0. The van der Waals surface area contributed by atoms with Crippen LogP contribution in [0.15, 0.2) is 24.3 Å². The van der Waals surface area contributed by atoms with Crippen molar-refractivity contribution in [2.24, 2.45) is 0 Å². The van der Waals surface area contributed by atoms with E-state index in [1.807, 2.05) is 11.5 Å². The molecule has 0 aliphatic heterocycles. The molecule has 114 valence electrons. The Balaban J connectivity index is 2.24. The lowest BCUT2D eigenvalue weighted by Gasteiger charge is -2.16. The Morgan fingerprint density at radius 2 is 1.95 bits per heavy atom. The highest BCUT2D eigenvalue weighted by molar-refractivity contribution is 6.01. The van der Waals surface area contributed by atoms with Crippen LogP contribution in [0, 0.1) is 12.7 Å². The lowest BCUT2D eigenvalue weighted by atomic mass is 9.92. The van der Waals surface area contributed by atoms with Gasteiger partial charge in [0.25, 0.3) is 0 Å². The molecule has 0 unspecified atom stereocenters. The number of ketones is 1. The van der Waals surface area contributed by atoms with Crippen molar-refractivity contribution in [2.45, 2.75) is 32.6 Å². The van der Waals surface area contributed by atoms with Gasteiger partial charge in [0.1, 0.15) is 5.82 Å². The van der Waals surface area contributed by atoms with Crippen LogP contribution in [0.4, 0.5) is 4.39 Å². The normalized spacial score (nSPS) is 14.0. The topological polar surface area (TPSA) is 59.3 Å². The number of hydrogen-bond donors (Lipinski definition) is 1. The Hall–Kier alpha value is -2.43. The van der Waals surface area contributed by atoms with Gasteiger partial charge in [0.2, 0.25) is 0 Å². The molecule has 1 aliphatic rings. The minimum Gasteiger partial charge on any atom is -0.481 e. The van der Waals surface area contributed by atoms with E-state index in [0.717, 1.165) is 29.9 Å². The van der Waals surface area contributed by atoms with E-state index < -0.39 is 5.97 Å². The van der Waals surface area contributed by atoms with Crippen molar-refractivity contribution in [1.29, 1.82) is 0 Å². The van der Waals surface area contributed by atoms with Gasteiger partial charge in [-0.2, -0.15) is 0 Å². The quantitative estimate of drug-likeness (QED) is 0.947. The van der Waals surface area contributed by atoms with Gasteiger partial charge in [-0.1, -0.05) is 0 Å². The average Bonchev–Trinajstić information content (AvgIpc) is 2.74. The average molecular weight is 301 g/mol. The SMILES string of the molecule is Cc1c(CC(=O)O)c2c(n1-c1ccc(F)cc1)CCCC2=O. The molecular weight excluding hydrogens is 285 g/mol. The maximum atomic E-state index is 13.1. The number of fused-ring (bicyclic) bond motifs is 1. The van der Waals surface area contributed by atoms with Crippen molar-refractivity contribution in [3.8, 4) is 5.69 Å². The van der Waals surface area contributed by atoms with E-state index in [-0.39, 0.29) is 18.0 Å². The largest absolute Gasteiger partial charge is 0.481 e. The molecule has 2 aromatic rings. The number of carbonyl (C=O) groups excluding carboxylic acids is 1. The van der Waals surface area contributed by atoms with Gasteiger partial charge < -0.3 is 9.67 Å². The highest BCUT2D eigenvalue weighted by Gasteiger charge is 2.29. The zero-order chi connectivity index (χ0) is 15.9. The zero-order valence-electron chi connectivity index (χ0n) is 12.2. The van der Waals surface area contributed by atoms with Gasteiger partial charge in [-0.25, -0.2) is 4.39 Å². The van der Waals surface area contributed by atoms with E-state index in [1.54, 1.807) is 12.1 Å². The molecule has 5 heteroatoms. The van der Waals surface area contributed by atoms with E-state index in [9.17, 15) is 14.0 Å². The third-order valence-corrected chi connectivity index (χ3v) is 4.14. The molecule has 1 heterocycles. The third-order valence-electron chi connectivity index (χ3n) is 4.14. The number of hydrogen-bond acceptors (Lipinski definition) is 2. The van der Waals surface area contributed by atoms with Gasteiger partial charge in [0, 0.05) is 29.1 Å². The van der Waals surface area contributed by atoms with Gasteiger partial charge >= 0.3 is 5.97 Å². The standard InChI is InChI=1S/C17H16FNO3/c1-10-13(9-16(21)22)17-14(3-2-4-15(17)20)19(10)12-7-5-11(18)6-8-12/h5-8H,2-4,9H2,1H3,(H,21,22). The first kappa shape index (κ1) is 14.5. The van der Waals surface area contributed by atoms with Crippen molar-refractivity contribution in [3.63, 3.8) is 0 Å². The zero-order valence-corrected chi connectivity index (χ0v) is 12.2. The number of aliphatic carboxylic acids is 1. The molecular formula is C17H16FNO3. The van der Waals surface area contributed by atoms with Crippen molar-refractivity contribution >= 4 is 11.8 Å². The summed E-state index contributed by atoms with van der Waals surface area (Å²) in [5.41, 5.74) is 3.47. The number of benzene rings is 1. The third kappa shape index (κ3) is 2.32.